The van der Waals surface area contributed by atoms with Crippen molar-refractivity contribution in [3.05, 3.63) is 28.3 Å². The highest BCUT2D eigenvalue weighted by atomic mass is 32.2. The van der Waals surface area contributed by atoms with Crippen LogP contribution in [0.5, 0.6) is 0 Å². The van der Waals surface area contributed by atoms with Crippen molar-refractivity contribution in [2.24, 2.45) is 5.92 Å². The van der Waals surface area contributed by atoms with Crippen molar-refractivity contribution in [2.75, 3.05) is 24.7 Å². The summed E-state index contributed by atoms with van der Waals surface area (Å²) in [6.45, 7) is 0.451. The lowest BCUT2D eigenvalue weighted by Gasteiger charge is -2.09. The van der Waals surface area contributed by atoms with Crippen LogP contribution >= 0.6 is 0 Å². The molecule has 0 atom stereocenters. The maximum absolute atomic E-state index is 11.6. The minimum atomic E-state index is -3.73. The number of carbonyl (C=O) groups is 1. The third-order valence-electron chi connectivity index (χ3n) is 3.31. The molecule has 1 saturated carbocycles. The van der Waals surface area contributed by atoms with Gasteiger partial charge in [-0.25, -0.2) is 8.42 Å². The van der Waals surface area contributed by atoms with E-state index in [1.54, 1.807) is 0 Å². The molecule has 9 heteroatoms. The molecule has 22 heavy (non-hydrogen) atoms. The molecule has 0 radical (unpaired) electrons. The molecule has 0 saturated heterocycles. The van der Waals surface area contributed by atoms with Crippen molar-refractivity contribution >= 4 is 27.1 Å². The van der Waals surface area contributed by atoms with Crippen LogP contribution in [0.25, 0.3) is 0 Å². The molecule has 1 aliphatic carbocycles. The minimum Gasteiger partial charge on any atom is -0.371 e. The summed E-state index contributed by atoms with van der Waals surface area (Å²) in [6.07, 6.45) is 3.12. The monoisotopic (exact) mass is 327 g/mol. The zero-order chi connectivity index (χ0) is 16.3. The Morgan fingerprint density at radius 2 is 2.09 bits per heavy atom. The standard InChI is InChI=1S/C13H17N3O5S/c1-22(20,21)11-4-2-3-10(13(11)16(18)19)14-8-12(17)15-7-9-5-6-9/h2-4,9,14H,5-8H2,1H3,(H,15,17). The fraction of sp³-hybridized carbons (Fsp3) is 0.462. The van der Waals surface area contributed by atoms with Gasteiger partial charge in [-0.1, -0.05) is 6.07 Å². The Morgan fingerprint density at radius 3 is 2.64 bits per heavy atom. The van der Waals surface area contributed by atoms with Crippen molar-refractivity contribution in [3.63, 3.8) is 0 Å². The lowest BCUT2D eigenvalue weighted by atomic mass is 10.2. The van der Waals surface area contributed by atoms with E-state index in [1.165, 1.54) is 18.2 Å². The number of anilines is 1. The first-order chi connectivity index (χ1) is 10.3. The van der Waals surface area contributed by atoms with Gasteiger partial charge in [0.2, 0.25) is 5.91 Å². The van der Waals surface area contributed by atoms with Crippen molar-refractivity contribution in [1.82, 2.24) is 5.32 Å². The molecule has 8 nitrogen and oxygen atoms in total. The Bertz CT molecular complexity index is 698. The average Bonchev–Trinajstić information content (AvgIpc) is 3.25. The molecule has 1 fully saturated rings. The number of hydrogen-bond donors (Lipinski definition) is 2. The van der Waals surface area contributed by atoms with Gasteiger partial charge in [0.1, 0.15) is 10.6 Å². The number of nitrogens with one attached hydrogen (secondary N) is 2. The Kier molecular flexibility index (Phi) is 4.65. The van der Waals surface area contributed by atoms with E-state index in [0.717, 1.165) is 19.1 Å². The summed E-state index contributed by atoms with van der Waals surface area (Å²) in [4.78, 5) is 21.7. The number of sulfone groups is 1. The lowest BCUT2D eigenvalue weighted by molar-refractivity contribution is -0.386. The second kappa shape index (κ2) is 6.30. The SMILES string of the molecule is CS(=O)(=O)c1cccc(NCC(=O)NCC2CC2)c1[N+](=O)[O-]. The summed E-state index contributed by atoms with van der Waals surface area (Å²) < 4.78 is 23.2. The Hall–Kier alpha value is -2.16. The van der Waals surface area contributed by atoms with E-state index < -0.39 is 20.4 Å². The summed E-state index contributed by atoms with van der Waals surface area (Å²) in [5.74, 6) is 0.248. The summed E-state index contributed by atoms with van der Waals surface area (Å²) in [5.41, 5.74) is -0.533. The Balaban J connectivity index is 2.12. The number of amides is 1. The second-order valence-corrected chi connectivity index (χ2v) is 7.27. The van der Waals surface area contributed by atoms with Gasteiger partial charge in [-0.05, 0) is 30.9 Å². The average molecular weight is 327 g/mol. The predicted octanol–water partition coefficient (Wildman–Crippen LogP) is 0.936. The van der Waals surface area contributed by atoms with Gasteiger partial charge in [-0.2, -0.15) is 0 Å². The molecular weight excluding hydrogens is 310 g/mol. The van der Waals surface area contributed by atoms with E-state index in [9.17, 15) is 23.3 Å². The maximum atomic E-state index is 11.6. The van der Waals surface area contributed by atoms with Crippen molar-refractivity contribution in [3.8, 4) is 0 Å². The van der Waals surface area contributed by atoms with Gasteiger partial charge in [-0.3, -0.25) is 14.9 Å². The molecule has 120 valence electrons. The van der Waals surface area contributed by atoms with Gasteiger partial charge >= 0.3 is 5.69 Å². The van der Waals surface area contributed by atoms with Gasteiger partial charge in [0.05, 0.1) is 11.5 Å². The fourth-order valence-electron chi connectivity index (χ4n) is 1.97. The largest absolute Gasteiger partial charge is 0.371 e. The van der Waals surface area contributed by atoms with Crippen LogP contribution in [0.3, 0.4) is 0 Å². The van der Waals surface area contributed by atoms with Crippen LogP contribution in [0, 0.1) is 16.0 Å². The molecule has 0 aliphatic heterocycles. The lowest BCUT2D eigenvalue weighted by Crippen LogP contribution is -2.31. The highest BCUT2D eigenvalue weighted by Crippen LogP contribution is 2.31. The molecule has 0 unspecified atom stereocenters. The first-order valence-corrected chi connectivity index (χ1v) is 8.66. The van der Waals surface area contributed by atoms with Crippen molar-refractivity contribution in [1.29, 1.82) is 0 Å². The van der Waals surface area contributed by atoms with Gasteiger partial charge in [0.25, 0.3) is 0 Å². The molecule has 1 aromatic carbocycles. The zero-order valence-electron chi connectivity index (χ0n) is 12.0. The van der Waals surface area contributed by atoms with Crippen LogP contribution in [-0.2, 0) is 14.6 Å². The number of hydrogen-bond acceptors (Lipinski definition) is 6. The van der Waals surface area contributed by atoms with Gasteiger partial charge in [0, 0.05) is 12.8 Å². The number of carbonyl (C=O) groups excluding carboxylic acids is 1. The summed E-state index contributed by atoms with van der Waals surface area (Å²) >= 11 is 0. The first kappa shape index (κ1) is 16.2. The van der Waals surface area contributed by atoms with Crippen LogP contribution in [0.15, 0.2) is 23.1 Å². The van der Waals surface area contributed by atoms with Crippen molar-refractivity contribution in [2.45, 2.75) is 17.7 Å². The minimum absolute atomic E-state index is 0.00879. The zero-order valence-corrected chi connectivity index (χ0v) is 12.9. The normalized spacial score (nSPS) is 14.4. The molecule has 2 rings (SSSR count). The van der Waals surface area contributed by atoms with Gasteiger partial charge in [-0.15, -0.1) is 0 Å². The number of benzene rings is 1. The molecule has 0 spiro atoms. The first-order valence-electron chi connectivity index (χ1n) is 6.77. The number of rotatable bonds is 7. The van der Waals surface area contributed by atoms with Crippen LogP contribution in [0.2, 0.25) is 0 Å². The van der Waals surface area contributed by atoms with Crippen molar-refractivity contribution < 1.29 is 18.1 Å². The highest BCUT2D eigenvalue weighted by molar-refractivity contribution is 7.90. The third-order valence-corrected chi connectivity index (χ3v) is 4.43. The molecular formula is C13H17N3O5S. The number of nitrogens with zero attached hydrogens (tertiary/aromatic N) is 1. The summed E-state index contributed by atoms with van der Waals surface area (Å²) in [6, 6.07) is 3.95. The second-order valence-electron chi connectivity index (χ2n) is 5.28. The van der Waals surface area contributed by atoms with E-state index >= 15 is 0 Å². The summed E-state index contributed by atoms with van der Waals surface area (Å²) in [7, 11) is -3.73. The number of nitro groups is 1. The van der Waals surface area contributed by atoms with Gasteiger partial charge in [0.15, 0.2) is 9.84 Å². The number of para-hydroxylation sites is 1. The maximum Gasteiger partial charge on any atom is 0.310 e. The molecule has 1 amide bonds. The smallest absolute Gasteiger partial charge is 0.310 e. The molecule has 1 aromatic rings. The molecule has 2 N–H and O–H groups in total. The van der Waals surface area contributed by atoms with E-state index in [2.05, 4.69) is 10.6 Å². The van der Waals surface area contributed by atoms with E-state index in [4.69, 9.17) is 0 Å². The van der Waals surface area contributed by atoms with E-state index in [1.807, 2.05) is 0 Å². The van der Waals surface area contributed by atoms with Crippen LogP contribution in [0.4, 0.5) is 11.4 Å². The fourth-order valence-corrected chi connectivity index (χ4v) is 2.83. The predicted molar refractivity (Wildman–Crippen MR) is 80.4 cm³/mol. The number of nitro benzene ring substituents is 1. The Morgan fingerprint density at radius 1 is 1.41 bits per heavy atom. The molecule has 0 aromatic heterocycles. The molecule has 0 bridgehead atoms. The molecule has 0 heterocycles. The van der Waals surface area contributed by atoms with Gasteiger partial charge < -0.3 is 10.6 Å². The van der Waals surface area contributed by atoms with Crippen LogP contribution in [0.1, 0.15) is 12.8 Å². The molecule has 1 aliphatic rings. The topological polar surface area (TPSA) is 118 Å². The van der Waals surface area contributed by atoms with Crippen LogP contribution in [-0.4, -0.2) is 38.6 Å². The third kappa shape index (κ3) is 4.17. The summed E-state index contributed by atoms with van der Waals surface area (Å²) in [5, 5.41) is 16.5. The van der Waals surface area contributed by atoms with E-state index in [0.29, 0.717) is 12.5 Å². The highest BCUT2D eigenvalue weighted by Gasteiger charge is 2.26. The van der Waals surface area contributed by atoms with E-state index in [-0.39, 0.29) is 23.0 Å². The quantitative estimate of drug-likeness (QED) is 0.568. The van der Waals surface area contributed by atoms with Crippen LogP contribution < -0.4 is 10.6 Å². The Labute approximate surface area is 128 Å².